The summed E-state index contributed by atoms with van der Waals surface area (Å²) in [6.07, 6.45) is 3.47. The number of anilines is 2. The van der Waals surface area contributed by atoms with Crippen LogP contribution in [0.3, 0.4) is 0 Å². The molecule has 0 amide bonds. The Labute approximate surface area is 96.3 Å². The van der Waals surface area contributed by atoms with Crippen LogP contribution in [0, 0.1) is 0 Å². The fourth-order valence-corrected chi connectivity index (χ4v) is 1.52. The van der Waals surface area contributed by atoms with Gasteiger partial charge in [-0.3, -0.25) is 0 Å². The predicted octanol–water partition coefficient (Wildman–Crippen LogP) is 1.26. The van der Waals surface area contributed by atoms with Gasteiger partial charge in [-0.05, 0) is 13.3 Å². The van der Waals surface area contributed by atoms with Gasteiger partial charge in [0.05, 0.1) is 6.61 Å². The number of aliphatic hydroxyl groups excluding tert-OH is 1. The van der Waals surface area contributed by atoms with Gasteiger partial charge in [-0.15, -0.1) is 0 Å². The molecule has 1 heterocycles. The minimum atomic E-state index is -0.00443. The molecule has 90 valence electrons. The molecule has 0 bridgehead atoms. The first-order valence-corrected chi connectivity index (χ1v) is 5.61. The maximum Gasteiger partial charge on any atom is 0.135 e. The summed E-state index contributed by atoms with van der Waals surface area (Å²) >= 11 is 0. The van der Waals surface area contributed by atoms with Crippen molar-refractivity contribution in [2.45, 2.75) is 32.7 Å². The lowest BCUT2D eigenvalue weighted by atomic mass is 10.1. The molecule has 1 aromatic heterocycles. The monoisotopic (exact) mass is 224 g/mol. The Hall–Kier alpha value is -1.36. The van der Waals surface area contributed by atoms with Gasteiger partial charge in [-0.25, -0.2) is 9.97 Å². The van der Waals surface area contributed by atoms with Gasteiger partial charge >= 0.3 is 0 Å². The molecule has 1 rings (SSSR count). The third kappa shape index (κ3) is 3.06. The molecule has 1 unspecified atom stereocenters. The quantitative estimate of drug-likeness (QED) is 0.678. The minimum Gasteiger partial charge on any atom is -0.394 e. The van der Waals surface area contributed by atoms with E-state index >= 15 is 0 Å². The van der Waals surface area contributed by atoms with Gasteiger partial charge in [-0.1, -0.05) is 13.3 Å². The fraction of sp³-hybridized carbons (Fsp3) is 0.636. The van der Waals surface area contributed by atoms with Gasteiger partial charge in [0.25, 0.3) is 0 Å². The lowest BCUT2D eigenvalue weighted by molar-refractivity contribution is 0.281. The van der Waals surface area contributed by atoms with Crippen LogP contribution in [-0.4, -0.2) is 34.8 Å². The Kier molecular flexibility index (Phi) is 4.98. The van der Waals surface area contributed by atoms with Gasteiger partial charge in [0.2, 0.25) is 0 Å². The van der Waals surface area contributed by atoms with E-state index in [9.17, 15) is 0 Å². The van der Waals surface area contributed by atoms with Crippen molar-refractivity contribution in [3.63, 3.8) is 0 Å². The molecule has 0 radical (unpaired) electrons. The van der Waals surface area contributed by atoms with Gasteiger partial charge in [-0.2, -0.15) is 0 Å². The molecule has 3 N–H and O–H groups in total. The molecular weight excluding hydrogens is 204 g/mol. The Balaban J connectivity index is 2.96. The number of hydrogen-bond donors (Lipinski definition) is 3. The van der Waals surface area contributed by atoms with Crippen LogP contribution >= 0.6 is 0 Å². The number of nitrogens with zero attached hydrogens (tertiary/aromatic N) is 2. The van der Waals surface area contributed by atoms with Crippen molar-refractivity contribution in [2.75, 3.05) is 24.3 Å². The molecule has 0 aliphatic heterocycles. The van der Waals surface area contributed by atoms with Crippen LogP contribution in [0.5, 0.6) is 0 Å². The first-order chi connectivity index (χ1) is 7.72. The zero-order valence-electron chi connectivity index (χ0n) is 10.1. The topological polar surface area (TPSA) is 70.1 Å². The van der Waals surface area contributed by atoms with Crippen LogP contribution in [-0.2, 0) is 6.42 Å². The van der Waals surface area contributed by atoms with Gasteiger partial charge in [0, 0.05) is 18.7 Å². The zero-order valence-corrected chi connectivity index (χ0v) is 10.1. The van der Waals surface area contributed by atoms with Crippen molar-refractivity contribution in [3.05, 3.63) is 11.9 Å². The summed E-state index contributed by atoms with van der Waals surface area (Å²) in [5.74, 6) is 1.66. The molecule has 1 aromatic rings. The summed E-state index contributed by atoms with van der Waals surface area (Å²) in [4.78, 5) is 8.41. The molecular formula is C11H20N4O. The SMILES string of the molecule is CCCc1c(NC)ncnc1NC(C)CO. The zero-order chi connectivity index (χ0) is 12.0. The van der Waals surface area contributed by atoms with Crippen molar-refractivity contribution in [1.82, 2.24) is 9.97 Å². The smallest absolute Gasteiger partial charge is 0.135 e. The number of hydrogen-bond acceptors (Lipinski definition) is 5. The molecule has 0 aliphatic carbocycles. The molecule has 0 saturated heterocycles. The highest BCUT2D eigenvalue weighted by atomic mass is 16.3. The lowest BCUT2D eigenvalue weighted by Crippen LogP contribution is -2.21. The van der Waals surface area contributed by atoms with Crippen LogP contribution < -0.4 is 10.6 Å². The highest BCUT2D eigenvalue weighted by molar-refractivity contribution is 5.57. The summed E-state index contributed by atoms with van der Waals surface area (Å²) in [5, 5.41) is 15.3. The Morgan fingerprint density at radius 3 is 2.62 bits per heavy atom. The standard InChI is InChI=1S/C11H20N4O/c1-4-5-9-10(12-3)13-7-14-11(9)15-8(2)6-16/h7-8,16H,4-6H2,1-3H3,(H2,12,13,14,15). The van der Waals surface area contributed by atoms with E-state index in [1.54, 1.807) is 0 Å². The number of aliphatic hydroxyl groups is 1. The van der Waals surface area contributed by atoms with E-state index in [0.717, 1.165) is 30.0 Å². The van der Waals surface area contributed by atoms with Gasteiger partial charge < -0.3 is 15.7 Å². The van der Waals surface area contributed by atoms with Crippen LogP contribution in [0.4, 0.5) is 11.6 Å². The van der Waals surface area contributed by atoms with E-state index in [4.69, 9.17) is 5.11 Å². The average molecular weight is 224 g/mol. The van der Waals surface area contributed by atoms with Crippen molar-refractivity contribution < 1.29 is 5.11 Å². The predicted molar refractivity (Wildman–Crippen MR) is 65.7 cm³/mol. The molecule has 5 heteroatoms. The fourth-order valence-electron chi connectivity index (χ4n) is 1.52. The van der Waals surface area contributed by atoms with Crippen molar-refractivity contribution in [3.8, 4) is 0 Å². The summed E-state index contributed by atoms with van der Waals surface area (Å²) in [6.45, 7) is 4.12. The van der Waals surface area contributed by atoms with Crippen molar-refractivity contribution in [1.29, 1.82) is 0 Å². The van der Waals surface area contributed by atoms with E-state index in [1.807, 2.05) is 14.0 Å². The largest absolute Gasteiger partial charge is 0.394 e. The number of aromatic nitrogens is 2. The Bertz CT molecular complexity index is 330. The van der Waals surface area contributed by atoms with E-state index < -0.39 is 0 Å². The molecule has 0 fully saturated rings. The highest BCUT2D eigenvalue weighted by Crippen LogP contribution is 2.21. The summed E-state index contributed by atoms with van der Waals surface area (Å²) < 4.78 is 0. The molecule has 5 nitrogen and oxygen atoms in total. The van der Waals surface area contributed by atoms with E-state index in [0.29, 0.717) is 0 Å². The molecule has 0 aromatic carbocycles. The Morgan fingerprint density at radius 1 is 1.38 bits per heavy atom. The number of rotatable bonds is 6. The van der Waals surface area contributed by atoms with Gasteiger partial charge in [0.15, 0.2) is 0 Å². The van der Waals surface area contributed by atoms with E-state index in [-0.39, 0.29) is 12.6 Å². The third-order valence-electron chi connectivity index (χ3n) is 2.34. The van der Waals surface area contributed by atoms with E-state index in [1.165, 1.54) is 6.33 Å². The Morgan fingerprint density at radius 2 is 2.06 bits per heavy atom. The molecule has 0 spiro atoms. The third-order valence-corrected chi connectivity index (χ3v) is 2.34. The maximum atomic E-state index is 9.02. The first kappa shape index (κ1) is 12.7. The lowest BCUT2D eigenvalue weighted by Gasteiger charge is -2.16. The second-order valence-electron chi connectivity index (χ2n) is 3.78. The molecule has 1 atom stereocenters. The summed E-state index contributed by atoms with van der Waals surface area (Å²) in [7, 11) is 1.85. The van der Waals surface area contributed by atoms with Crippen LogP contribution in [0.1, 0.15) is 25.8 Å². The normalized spacial score (nSPS) is 12.2. The highest BCUT2D eigenvalue weighted by Gasteiger charge is 2.11. The molecule has 0 saturated carbocycles. The van der Waals surface area contributed by atoms with Crippen LogP contribution in [0.25, 0.3) is 0 Å². The van der Waals surface area contributed by atoms with Crippen molar-refractivity contribution in [2.24, 2.45) is 0 Å². The van der Waals surface area contributed by atoms with Crippen LogP contribution in [0.15, 0.2) is 6.33 Å². The minimum absolute atomic E-state index is 0.00443. The molecule has 16 heavy (non-hydrogen) atoms. The summed E-state index contributed by atoms with van der Waals surface area (Å²) in [5.41, 5.74) is 1.08. The number of nitrogens with one attached hydrogen (secondary N) is 2. The van der Waals surface area contributed by atoms with Crippen molar-refractivity contribution >= 4 is 11.6 Å². The first-order valence-electron chi connectivity index (χ1n) is 5.61. The van der Waals surface area contributed by atoms with Crippen LogP contribution in [0.2, 0.25) is 0 Å². The van der Waals surface area contributed by atoms with E-state index in [2.05, 4.69) is 27.5 Å². The second-order valence-corrected chi connectivity index (χ2v) is 3.78. The second kappa shape index (κ2) is 6.27. The van der Waals surface area contributed by atoms with Gasteiger partial charge in [0.1, 0.15) is 18.0 Å². The average Bonchev–Trinajstić information content (AvgIpc) is 2.31. The molecule has 0 aliphatic rings. The maximum absolute atomic E-state index is 9.02. The summed E-state index contributed by atoms with van der Waals surface area (Å²) in [6, 6.07) is -0.00443.